The molecule has 5 unspecified atom stereocenters. The lowest BCUT2D eigenvalue weighted by Gasteiger charge is -2.27. The van der Waals surface area contributed by atoms with Crippen LogP contribution in [-0.4, -0.2) is 52.2 Å². The molecule has 162 valence electrons. The van der Waals surface area contributed by atoms with Gasteiger partial charge in [0.15, 0.2) is 0 Å². The third-order valence-electron chi connectivity index (χ3n) is 5.01. The summed E-state index contributed by atoms with van der Waals surface area (Å²) >= 11 is 0. The lowest BCUT2D eigenvalue weighted by Crippen LogP contribution is -2.58. The number of aliphatic hydroxyl groups is 1. The molecule has 0 aliphatic carbocycles. The van der Waals surface area contributed by atoms with Gasteiger partial charge in [-0.2, -0.15) is 0 Å². The Balaban J connectivity index is 2.79. The monoisotopic (exact) mass is 407 g/mol. The molecule has 1 aromatic carbocycles. The fraction of sp³-hybridized carbons (Fsp3) is 0.571. The number of aliphatic carboxylic acids is 1. The topological polar surface area (TPSA) is 142 Å². The van der Waals surface area contributed by atoms with E-state index in [1.807, 2.05) is 37.3 Å². The molecule has 0 heterocycles. The van der Waals surface area contributed by atoms with Gasteiger partial charge in [-0.15, -0.1) is 0 Å². The van der Waals surface area contributed by atoms with Crippen LogP contribution in [0.1, 0.15) is 39.7 Å². The minimum absolute atomic E-state index is 0.273. The molecule has 2 amide bonds. The van der Waals surface area contributed by atoms with Crippen molar-refractivity contribution in [3.63, 3.8) is 0 Å². The molecule has 0 aliphatic rings. The zero-order valence-corrected chi connectivity index (χ0v) is 17.5. The molecule has 0 spiro atoms. The zero-order chi connectivity index (χ0) is 22.1. The van der Waals surface area contributed by atoms with Crippen molar-refractivity contribution < 1.29 is 24.6 Å². The summed E-state index contributed by atoms with van der Waals surface area (Å²) in [5.41, 5.74) is 6.84. The molecule has 5 atom stereocenters. The molecule has 1 rings (SSSR count). The van der Waals surface area contributed by atoms with Gasteiger partial charge >= 0.3 is 5.97 Å². The average molecular weight is 408 g/mol. The van der Waals surface area contributed by atoms with Gasteiger partial charge in [0, 0.05) is 6.04 Å². The second kappa shape index (κ2) is 11.5. The Kier molecular flexibility index (Phi) is 9.77. The Hall–Kier alpha value is -2.45. The highest BCUT2D eigenvalue weighted by Gasteiger charge is 2.33. The number of hydrogen-bond donors (Lipinski definition) is 5. The number of aliphatic hydroxyl groups excluding tert-OH is 1. The number of carboxylic acids is 1. The van der Waals surface area contributed by atoms with Gasteiger partial charge < -0.3 is 26.6 Å². The van der Waals surface area contributed by atoms with E-state index in [0.717, 1.165) is 5.56 Å². The van der Waals surface area contributed by atoms with Gasteiger partial charge in [-0.3, -0.25) is 9.59 Å². The van der Waals surface area contributed by atoms with Crippen LogP contribution < -0.4 is 16.4 Å². The van der Waals surface area contributed by atoms with Gasteiger partial charge in [-0.1, -0.05) is 64.4 Å². The molecule has 0 saturated heterocycles. The van der Waals surface area contributed by atoms with E-state index in [0.29, 0.717) is 12.8 Å². The van der Waals surface area contributed by atoms with Crippen LogP contribution in [0, 0.1) is 11.8 Å². The molecule has 0 saturated carbocycles. The summed E-state index contributed by atoms with van der Waals surface area (Å²) in [7, 11) is 0. The molecule has 0 radical (unpaired) electrons. The first-order valence-electron chi connectivity index (χ1n) is 9.89. The fourth-order valence-electron chi connectivity index (χ4n) is 2.89. The van der Waals surface area contributed by atoms with Crippen molar-refractivity contribution in [1.29, 1.82) is 0 Å². The van der Waals surface area contributed by atoms with Gasteiger partial charge in [0.1, 0.15) is 18.2 Å². The fourth-order valence-corrected chi connectivity index (χ4v) is 2.89. The summed E-state index contributed by atoms with van der Waals surface area (Å²) in [4.78, 5) is 36.6. The zero-order valence-electron chi connectivity index (χ0n) is 17.5. The number of carboxylic acid groups (broad SMARTS) is 1. The predicted octanol–water partition coefficient (Wildman–Crippen LogP) is 0.674. The first-order valence-corrected chi connectivity index (χ1v) is 9.89. The first kappa shape index (κ1) is 24.6. The van der Waals surface area contributed by atoms with Crippen molar-refractivity contribution in [3.8, 4) is 0 Å². The highest BCUT2D eigenvalue weighted by molar-refractivity contribution is 5.91. The maximum absolute atomic E-state index is 12.6. The van der Waals surface area contributed by atoms with Crippen LogP contribution in [0.25, 0.3) is 0 Å². The summed E-state index contributed by atoms with van der Waals surface area (Å²) in [5.74, 6) is -3.10. The molecule has 0 aliphatic heterocycles. The van der Waals surface area contributed by atoms with Crippen molar-refractivity contribution in [2.75, 3.05) is 0 Å². The minimum atomic E-state index is -1.51. The van der Waals surface area contributed by atoms with E-state index in [9.17, 15) is 24.6 Å². The quantitative estimate of drug-likeness (QED) is 0.365. The minimum Gasteiger partial charge on any atom is -0.480 e. The van der Waals surface area contributed by atoms with Crippen molar-refractivity contribution in [2.45, 2.75) is 64.8 Å². The largest absolute Gasteiger partial charge is 0.480 e. The number of carbonyl (C=O) groups excluding carboxylic acids is 2. The first-order chi connectivity index (χ1) is 13.6. The van der Waals surface area contributed by atoms with E-state index in [4.69, 9.17) is 5.73 Å². The van der Waals surface area contributed by atoms with Gasteiger partial charge in [0.2, 0.25) is 5.91 Å². The highest BCUT2D eigenvalue weighted by atomic mass is 16.4. The molecular weight excluding hydrogens is 374 g/mol. The maximum atomic E-state index is 12.6. The number of nitrogens with two attached hydrogens (primary N) is 1. The van der Waals surface area contributed by atoms with Crippen molar-refractivity contribution in [2.24, 2.45) is 17.6 Å². The molecule has 1 aromatic rings. The van der Waals surface area contributed by atoms with Gasteiger partial charge in [0.05, 0.1) is 0 Å². The van der Waals surface area contributed by atoms with E-state index in [1.54, 1.807) is 20.8 Å². The van der Waals surface area contributed by atoms with E-state index < -0.39 is 42.0 Å². The summed E-state index contributed by atoms with van der Waals surface area (Å²) in [6.45, 7) is 7.01. The highest BCUT2D eigenvalue weighted by Crippen LogP contribution is 2.11. The molecule has 0 aromatic heterocycles. The summed E-state index contributed by atoms with van der Waals surface area (Å²) in [6, 6.07) is 6.32. The Labute approximate surface area is 171 Å². The van der Waals surface area contributed by atoms with Crippen LogP contribution in [0.5, 0.6) is 0 Å². The summed E-state index contributed by atoms with van der Waals surface area (Å²) in [5, 5.41) is 24.7. The number of benzene rings is 1. The maximum Gasteiger partial charge on any atom is 0.326 e. The molecule has 8 nitrogen and oxygen atoms in total. The second-order valence-corrected chi connectivity index (χ2v) is 7.74. The summed E-state index contributed by atoms with van der Waals surface area (Å²) in [6.07, 6.45) is -0.638. The van der Waals surface area contributed by atoms with Gasteiger partial charge in [-0.25, -0.2) is 4.79 Å². The van der Waals surface area contributed by atoms with Crippen LogP contribution in [0.2, 0.25) is 0 Å². The summed E-state index contributed by atoms with van der Waals surface area (Å²) < 4.78 is 0. The SMILES string of the molecule is CCC(C)C(NC(=O)C(NC(=O)C(O)C(N)Cc1ccccc1)C(C)C)C(=O)O. The van der Waals surface area contributed by atoms with Crippen LogP contribution >= 0.6 is 0 Å². The van der Waals surface area contributed by atoms with E-state index in [-0.39, 0.29) is 11.8 Å². The Morgan fingerprint density at radius 1 is 1.00 bits per heavy atom. The molecule has 0 bridgehead atoms. The number of nitrogens with one attached hydrogen (secondary N) is 2. The Morgan fingerprint density at radius 3 is 2.03 bits per heavy atom. The van der Waals surface area contributed by atoms with Gasteiger partial charge in [0.25, 0.3) is 5.91 Å². The van der Waals surface area contributed by atoms with Crippen molar-refractivity contribution in [1.82, 2.24) is 10.6 Å². The molecule has 29 heavy (non-hydrogen) atoms. The van der Waals surface area contributed by atoms with Crippen molar-refractivity contribution in [3.05, 3.63) is 35.9 Å². The third kappa shape index (κ3) is 7.47. The normalized spacial score (nSPS) is 16.4. The smallest absolute Gasteiger partial charge is 0.326 e. The lowest BCUT2D eigenvalue weighted by atomic mass is 9.96. The molecule has 6 N–H and O–H groups in total. The lowest BCUT2D eigenvalue weighted by molar-refractivity contribution is -0.144. The number of carbonyl (C=O) groups is 3. The second-order valence-electron chi connectivity index (χ2n) is 7.74. The predicted molar refractivity (Wildman–Crippen MR) is 110 cm³/mol. The molecule has 0 fully saturated rings. The number of amides is 2. The van der Waals surface area contributed by atoms with E-state index in [1.165, 1.54) is 0 Å². The van der Waals surface area contributed by atoms with Crippen LogP contribution in [-0.2, 0) is 20.8 Å². The molecular formula is C21H33N3O5. The van der Waals surface area contributed by atoms with Crippen LogP contribution in [0.4, 0.5) is 0 Å². The Morgan fingerprint density at radius 2 is 1.55 bits per heavy atom. The standard InChI is InChI=1S/C21H33N3O5/c1-5-13(4)17(21(28)29)24-19(26)16(12(2)3)23-20(27)18(25)15(22)11-14-9-7-6-8-10-14/h6-10,12-13,15-18,25H,5,11,22H2,1-4H3,(H,23,27)(H,24,26)(H,28,29). The van der Waals surface area contributed by atoms with E-state index >= 15 is 0 Å². The van der Waals surface area contributed by atoms with Crippen LogP contribution in [0.15, 0.2) is 30.3 Å². The van der Waals surface area contributed by atoms with Crippen LogP contribution in [0.3, 0.4) is 0 Å². The average Bonchev–Trinajstić information content (AvgIpc) is 2.68. The van der Waals surface area contributed by atoms with Gasteiger partial charge in [-0.05, 0) is 23.8 Å². The van der Waals surface area contributed by atoms with E-state index in [2.05, 4.69) is 10.6 Å². The molecule has 8 heteroatoms. The van der Waals surface area contributed by atoms with Crippen molar-refractivity contribution >= 4 is 17.8 Å². The number of hydrogen-bond acceptors (Lipinski definition) is 5. The third-order valence-corrected chi connectivity index (χ3v) is 5.01. The Bertz CT molecular complexity index is 680. The number of rotatable bonds is 11.